The van der Waals surface area contributed by atoms with E-state index in [4.69, 9.17) is 15.0 Å². The van der Waals surface area contributed by atoms with Crippen LogP contribution in [0.1, 0.15) is 43.2 Å². The van der Waals surface area contributed by atoms with Gasteiger partial charge in [0.05, 0.1) is 0 Å². The van der Waals surface area contributed by atoms with Crippen LogP contribution in [0.25, 0.3) is 89.1 Å². The largest absolute Gasteiger partial charge is 0.208 e. The van der Waals surface area contributed by atoms with Crippen molar-refractivity contribution in [3.8, 4) is 67.5 Å². The summed E-state index contributed by atoms with van der Waals surface area (Å²) in [6.45, 7) is 0. The van der Waals surface area contributed by atoms with Crippen molar-refractivity contribution in [2.24, 2.45) is 23.7 Å². The standard InChI is InChI=1S/C57H43N3/c1-3-10-37(11-4-1)39-18-20-40(21-19-39)54-58-55(45-17-9-16-41(32-45)38-12-5-2-6-13-38)60-56(59-54)46-23-25-52-51(34-46)49-24-22-44-31-42-14-7-8-15-43(42)33-50(44)53(49)57(52)47-27-35-26-36(29-47)30-48(57)28-35/h1-25,31-36,47-48H,26-30H2. The van der Waals surface area contributed by atoms with Crippen molar-refractivity contribution in [1.29, 1.82) is 0 Å². The second-order valence-corrected chi connectivity index (χ2v) is 18.0. The van der Waals surface area contributed by atoms with Gasteiger partial charge in [-0.15, -0.1) is 0 Å². The fourth-order valence-corrected chi connectivity index (χ4v) is 12.5. The van der Waals surface area contributed by atoms with Crippen LogP contribution in [-0.2, 0) is 5.41 Å². The zero-order valence-electron chi connectivity index (χ0n) is 33.4. The van der Waals surface area contributed by atoms with E-state index in [1.165, 1.54) is 87.0 Å². The van der Waals surface area contributed by atoms with Crippen LogP contribution in [0.5, 0.6) is 0 Å². The van der Waals surface area contributed by atoms with Gasteiger partial charge in [0.1, 0.15) is 0 Å². The monoisotopic (exact) mass is 769 g/mol. The number of hydrogen-bond donors (Lipinski definition) is 0. The Hall–Kier alpha value is -6.71. The molecule has 4 bridgehead atoms. The van der Waals surface area contributed by atoms with E-state index < -0.39 is 0 Å². The normalized spacial score (nSPS) is 22.1. The lowest BCUT2D eigenvalue weighted by Crippen LogP contribution is -2.55. The van der Waals surface area contributed by atoms with Gasteiger partial charge in [-0.05, 0) is 146 Å². The number of nitrogens with zero attached hydrogens (tertiary/aromatic N) is 3. The molecule has 8 aromatic carbocycles. The van der Waals surface area contributed by atoms with E-state index in [-0.39, 0.29) is 5.41 Å². The molecule has 5 aliphatic carbocycles. The first-order valence-corrected chi connectivity index (χ1v) is 21.8. The van der Waals surface area contributed by atoms with E-state index in [1.807, 2.05) is 0 Å². The first kappa shape index (κ1) is 34.2. The molecule has 1 heterocycles. The summed E-state index contributed by atoms with van der Waals surface area (Å²) in [6, 6.07) is 64.2. The number of benzene rings is 8. The molecule has 9 aromatic rings. The highest BCUT2D eigenvalue weighted by Gasteiger charge is 2.62. The predicted octanol–water partition coefficient (Wildman–Crippen LogP) is 14.2. The predicted molar refractivity (Wildman–Crippen MR) is 245 cm³/mol. The van der Waals surface area contributed by atoms with Gasteiger partial charge in [-0.25, -0.2) is 15.0 Å². The highest BCUT2D eigenvalue weighted by Crippen LogP contribution is 2.70. The van der Waals surface area contributed by atoms with E-state index in [2.05, 4.69) is 176 Å². The zero-order valence-corrected chi connectivity index (χ0v) is 33.4. The molecule has 0 N–H and O–H groups in total. The van der Waals surface area contributed by atoms with Crippen LogP contribution >= 0.6 is 0 Å². The molecule has 1 spiro atoms. The summed E-state index contributed by atoms with van der Waals surface area (Å²) in [5.74, 6) is 5.15. The van der Waals surface area contributed by atoms with Crippen molar-refractivity contribution in [3.05, 3.63) is 187 Å². The van der Waals surface area contributed by atoms with E-state index in [0.29, 0.717) is 29.3 Å². The van der Waals surface area contributed by atoms with Crippen LogP contribution in [0, 0.1) is 23.7 Å². The first-order valence-electron chi connectivity index (χ1n) is 21.8. The third-order valence-electron chi connectivity index (χ3n) is 14.9. The molecular weight excluding hydrogens is 727 g/mol. The summed E-state index contributed by atoms with van der Waals surface area (Å²) in [5, 5.41) is 5.44. The Kier molecular flexibility index (Phi) is 7.49. The van der Waals surface area contributed by atoms with E-state index in [9.17, 15) is 0 Å². The Bertz CT molecular complexity index is 3120. The van der Waals surface area contributed by atoms with Crippen molar-refractivity contribution in [3.63, 3.8) is 0 Å². The van der Waals surface area contributed by atoms with Crippen LogP contribution in [0.4, 0.5) is 0 Å². The topological polar surface area (TPSA) is 38.7 Å². The van der Waals surface area contributed by atoms with E-state index >= 15 is 0 Å². The average Bonchev–Trinajstić information content (AvgIpc) is 3.61. The molecule has 0 atom stereocenters. The maximum Gasteiger partial charge on any atom is 0.164 e. The molecular formula is C57H43N3. The highest BCUT2D eigenvalue weighted by molar-refractivity contribution is 6.05. The molecule has 14 rings (SSSR count). The smallest absolute Gasteiger partial charge is 0.164 e. The summed E-state index contributed by atoms with van der Waals surface area (Å²) in [4.78, 5) is 15.8. The lowest BCUT2D eigenvalue weighted by atomic mass is 9.43. The van der Waals surface area contributed by atoms with Gasteiger partial charge in [-0.3, -0.25) is 0 Å². The van der Waals surface area contributed by atoms with Crippen molar-refractivity contribution >= 4 is 21.5 Å². The molecule has 3 nitrogen and oxygen atoms in total. The number of aromatic nitrogens is 3. The van der Waals surface area contributed by atoms with Gasteiger partial charge in [0.25, 0.3) is 0 Å². The number of fused-ring (bicyclic) bond motifs is 6. The second kappa shape index (κ2) is 13.1. The van der Waals surface area contributed by atoms with Gasteiger partial charge in [0.15, 0.2) is 17.5 Å². The lowest BCUT2D eigenvalue weighted by Gasteiger charge is -2.61. The third-order valence-corrected chi connectivity index (χ3v) is 14.9. The summed E-state index contributed by atoms with van der Waals surface area (Å²) >= 11 is 0. The Balaban J connectivity index is 1.00. The van der Waals surface area contributed by atoms with Crippen LogP contribution in [-0.4, -0.2) is 15.0 Å². The molecule has 286 valence electrons. The first-order chi connectivity index (χ1) is 29.7. The van der Waals surface area contributed by atoms with E-state index in [1.54, 1.807) is 5.56 Å². The Labute approximate surface area is 350 Å². The molecule has 60 heavy (non-hydrogen) atoms. The molecule has 5 aliphatic rings. The minimum absolute atomic E-state index is 0.0341. The molecule has 0 amide bonds. The van der Waals surface area contributed by atoms with Crippen molar-refractivity contribution in [2.45, 2.75) is 37.5 Å². The molecule has 0 unspecified atom stereocenters. The summed E-state index contributed by atoms with van der Waals surface area (Å²) in [5.41, 5.74) is 13.6. The van der Waals surface area contributed by atoms with Crippen LogP contribution in [0.15, 0.2) is 176 Å². The average molecular weight is 770 g/mol. The molecule has 1 aromatic heterocycles. The summed E-state index contributed by atoms with van der Waals surface area (Å²) in [6.07, 6.45) is 6.84. The van der Waals surface area contributed by atoms with Crippen molar-refractivity contribution < 1.29 is 0 Å². The Morgan fingerprint density at radius 3 is 1.55 bits per heavy atom. The quantitative estimate of drug-likeness (QED) is 0.164. The van der Waals surface area contributed by atoms with Crippen LogP contribution < -0.4 is 0 Å². The molecule has 4 saturated carbocycles. The van der Waals surface area contributed by atoms with Gasteiger partial charge in [-0.2, -0.15) is 0 Å². The molecule has 0 radical (unpaired) electrons. The van der Waals surface area contributed by atoms with Gasteiger partial charge in [0.2, 0.25) is 0 Å². The highest BCUT2D eigenvalue weighted by atomic mass is 15.0. The molecule has 4 fully saturated rings. The number of rotatable bonds is 5. The Morgan fingerprint density at radius 1 is 0.350 bits per heavy atom. The van der Waals surface area contributed by atoms with Gasteiger partial charge < -0.3 is 0 Å². The van der Waals surface area contributed by atoms with Gasteiger partial charge >= 0.3 is 0 Å². The van der Waals surface area contributed by atoms with Gasteiger partial charge in [0, 0.05) is 22.1 Å². The van der Waals surface area contributed by atoms with Crippen LogP contribution in [0.3, 0.4) is 0 Å². The fraction of sp³-hybridized carbons (Fsp3) is 0.175. The van der Waals surface area contributed by atoms with Gasteiger partial charge in [-0.1, -0.05) is 152 Å². The fourth-order valence-electron chi connectivity index (χ4n) is 12.5. The molecule has 0 saturated heterocycles. The van der Waals surface area contributed by atoms with Crippen molar-refractivity contribution in [1.82, 2.24) is 15.0 Å². The molecule has 0 aliphatic heterocycles. The van der Waals surface area contributed by atoms with Crippen LogP contribution in [0.2, 0.25) is 0 Å². The minimum Gasteiger partial charge on any atom is -0.208 e. The molecule has 3 heteroatoms. The van der Waals surface area contributed by atoms with E-state index in [0.717, 1.165) is 34.1 Å². The number of hydrogen-bond acceptors (Lipinski definition) is 3. The van der Waals surface area contributed by atoms with Crippen molar-refractivity contribution in [2.75, 3.05) is 0 Å². The maximum absolute atomic E-state index is 5.32. The Morgan fingerprint density at radius 2 is 0.867 bits per heavy atom. The zero-order chi connectivity index (χ0) is 39.4. The maximum atomic E-state index is 5.32. The third kappa shape index (κ3) is 5.18. The second-order valence-electron chi connectivity index (χ2n) is 18.0. The lowest BCUT2D eigenvalue weighted by molar-refractivity contribution is -0.0393. The summed E-state index contributed by atoms with van der Waals surface area (Å²) < 4.78 is 0. The summed E-state index contributed by atoms with van der Waals surface area (Å²) in [7, 11) is 0. The SMILES string of the molecule is c1ccc(-c2ccc(-c3nc(-c4cccc(-c5ccccc5)c4)nc(-c4ccc5c(c4)-c4ccc6cc7ccccc7cc6c4C54C5CC6CC(C5)CC4C6)n3)cc2)cc1. The minimum atomic E-state index is 0.0341.